The number of halogens is 1. The molecule has 0 radical (unpaired) electrons. The van der Waals surface area contributed by atoms with Gasteiger partial charge in [-0.3, -0.25) is 0 Å². The van der Waals surface area contributed by atoms with Crippen molar-refractivity contribution in [3.63, 3.8) is 0 Å². The first-order valence-corrected chi connectivity index (χ1v) is 7.34. The summed E-state index contributed by atoms with van der Waals surface area (Å²) in [4.78, 5) is 0. The van der Waals surface area contributed by atoms with Gasteiger partial charge in [0.15, 0.2) is 11.5 Å². The highest BCUT2D eigenvalue weighted by molar-refractivity contribution is 9.10. The van der Waals surface area contributed by atoms with Gasteiger partial charge in [-0.2, -0.15) is 0 Å². The molecule has 0 fully saturated rings. The van der Waals surface area contributed by atoms with E-state index in [1.807, 2.05) is 26.0 Å². The first-order chi connectivity index (χ1) is 9.08. The van der Waals surface area contributed by atoms with E-state index in [0.717, 1.165) is 21.5 Å². The molecule has 5 heteroatoms. The Morgan fingerprint density at radius 3 is 2.32 bits per heavy atom. The number of benzene rings is 1. The summed E-state index contributed by atoms with van der Waals surface area (Å²) in [7, 11) is 0. The monoisotopic (exact) mass is 331 g/mol. The van der Waals surface area contributed by atoms with Gasteiger partial charge >= 0.3 is 0 Å². The van der Waals surface area contributed by atoms with Gasteiger partial charge < -0.3 is 19.9 Å². The van der Waals surface area contributed by atoms with Gasteiger partial charge in [-0.25, -0.2) is 0 Å². The van der Waals surface area contributed by atoms with Crippen LogP contribution in [0.3, 0.4) is 0 Å². The summed E-state index contributed by atoms with van der Waals surface area (Å²) in [6.07, 6.45) is -0.354. The van der Waals surface area contributed by atoms with Crippen molar-refractivity contribution in [2.75, 3.05) is 19.8 Å². The third-order valence-corrected chi connectivity index (χ3v) is 3.21. The molecular weight excluding hydrogens is 310 g/mol. The van der Waals surface area contributed by atoms with Crippen molar-refractivity contribution in [3.05, 3.63) is 22.2 Å². The van der Waals surface area contributed by atoms with Crippen molar-refractivity contribution in [1.29, 1.82) is 0 Å². The van der Waals surface area contributed by atoms with Gasteiger partial charge in [0.05, 0.1) is 19.3 Å². The third kappa shape index (κ3) is 5.38. The van der Waals surface area contributed by atoms with Gasteiger partial charge in [-0.15, -0.1) is 0 Å². The minimum atomic E-state index is -0.354. The van der Waals surface area contributed by atoms with E-state index in [4.69, 9.17) is 9.47 Å². The lowest BCUT2D eigenvalue weighted by Gasteiger charge is -2.15. The molecule has 0 bridgehead atoms. The normalized spacial score (nSPS) is 12.3. The Balaban J connectivity index is 2.83. The molecule has 0 spiro atoms. The molecule has 1 unspecified atom stereocenters. The number of rotatable bonds is 8. The van der Waals surface area contributed by atoms with E-state index in [9.17, 15) is 5.11 Å². The Morgan fingerprint density at radius 1 is 1.21 bits per heavy atom. The summed E-state index contributed by atoms with van der Waals surface area (Å²) in [5.41, 5.74) is 1.08. The highest BCUT2D eigenvalue weighted by atomic mass is 79.9. The molecule has 0 heterocycles. The lowest BCUT2D eigenvalue weighted by atomic mass is 10.2. The maximum atomic E-state index is 9.23. The van der Waals surface area contributed by atoms with Crippen molar-refractivity contribution in [3.8, 4) is 11.5 Å². The van der Waals surface area contributed by atoms with Gasteiger partial charge in [0.1, 0.15) is 0 Å². The SMILES string of the molecule is CCOc1cc(Br)c(CNCC(C)O)cc1OCC. The molecule has 4 nitrogen and oxygen atoms in total. The molecule has 19 heavy (non-hydrogen) atoms. The lowest BCUT2D eigenvalue weighted by molar-refractivity contribution is 0.191. The largest absolute Gasteiger partial charge is 0.490 e. The highest BCUT2D eigenvalue weighted by Gasteiger charge is 2.10. The fourth-order valence-corrected chi connectivity index (χ4v) is 2.13. The van der Waals surface area contributed by atoms with Crippen LogP contribution in [-0.4, -0.2) is 31.0 Å². The Morgan fingerprint density at radius 2 is 1.79 bits per heavy atom. The molecule has 1 aromatic rings. The minimum Gasteiger partial charge on any atom is -0.490 e. The molecule has 0 amide bonds. The minimum absolute atomic E-state index is 0.354. The van der Waals surface area contributed by atoms with Crippen molar-refractivity contribution in [2.24, 2.45) is 0 Å². The molecule has 1 rings (SSSR count). The van der Waals surface area contributed by atoms with Crippen LogP contribution >= 0.6 is 15.9 Å². The molecule has 0 aliphatic carbocycles. The summed E-state index contributed by atoms with van der Waals surface area (Å²) in [6, 6.07) is 3.89. The third-order valence-electron chi connectivity index (χ3n) is 2.47. The Labute approximate surface area is 123 Å². The second kappa shape index (κ2) is 8.40. The van der Waals surface area contributed by atoms with Crippen molar-refractivity contribution >= 4 is 15.9 Å². The Hall–Kier alpha value is -0.780. The standard InChI is InChI=1S/C14H22BrNO3/c1-4-18-13-6-11(9-16-8-10(3)17)12(15)7-14(13)19-5-2/h6-7,10,16-17H,4-5,8-9H2,1-3H3. The van der Waals surface area contributed by atoms with E-state index in [1.54, 1.807) is 6.92 Å². The fraction of sp³-hybridized carbons (Fsp3) is 0.571. The highest BCUT2D eigenvalue weighted by Crippen LogP contribution is 2.33. The first kappa shape index (κ1) is 16.3. The second-order valence-electron chi connectivity index (χ2n) is 4.24. The number of hydrogen-bond donors (Lipinski definition) is 2. The zero-order valence-electron chi connectivity index (χ0n) is 11.7. The maximum Gasteiger partial charge on any atom is 0.162 e. The number of ether oxygens (including phenoxy) is 2. The Kier molecular flexibility index (Phi) is 7.20. The molecule has 1 aromatic carbocycles. The predicted octanol–water partition coefficient (Wildman–Crippen LogP) is 2.72. The zero-order chi connectivity index (χ0) is 14.3. The number of aliphatic hydroxyl groups is 1. The van der Waals surface area contributed by atoms with Crippen molar-refractivity contribution < 1.29 is 14.6 Å². The molecule has 0 saturated heterocycles. The number of nitrogens with one attached hydrogen (secondary N) is 1. The van der Waals surface area contributed by atoms with Crippen LogP contribution in [0.5, 0.6) is 11.5 Å². The number of aliphatic hydroxyl groups excluding tert-OH is 1. The van der Waals surface area contributed by atoms with Crippen LogP contribution in [0.1, 0.15) is 26.3 Å². The van der Waals surface area contributed by atoms with Gasteiger partial charge in [0, 0.05) is 17.6 Å². The van der Waals surface area contributed by atoms with E-state index in [0.29, 0.717) is 26.3 Å². The van der Waals surface area contributed by atoms with Crippen LogP contribution in [0.15, 0.2) is 16.6 Å². The summed E-state index contributed by atoms with van der Waals surface area (Å²) >= 11 is 3.53. The number of hydrogen-bond acceptors (Lipinski definition) is 4. The van der Waals surface area contributed by atoms with Crippen LogP contribution < -0.4 is 14.8 Å². The molecule has 0 aliphatic heterocycles. The average Bonchev–Trinajstić information content (AvgIpc) is 2.34. The molecule has 108 valence electrons. The van der Waals surface area contributed by atoms with Gasteiger partial charge in [0.2, 0.25) is 0 Å². The Bertz CT molecular complexity index is 397. The average molecular weight is 332 g/mol. The first-order valence-electron chi connectivity index (χ1n) is 6.55. The van der Waals surface area contributed by atoms with Gasteiger partial charge in [0.25, 0.3) is 0 Å². The van der Waals surface area contributed by atoms with Crippen molar-refractivity contribution in [1.82, 2.24) is 5.32 Å². The molecule has 0 aromatic heterocycles. The topological polar surface area (TPSA) is 50.7 Å². The van der Waals surface area contributed by atoms with E-state index < -0.39 is 0 Å². The van der Waals surface area contributed by atoms with E-state index in [2.05, 4.69) is 21.2 Å². The summed E-state index contributed by atoms with van der Waals surface area (Å²) in [5.74, 6) is 1.50. The quantitative estimate of drug-likeness (QED) is 0.769. The second-order valence-corrected chi connectivity index (χ2v) is 5.09. The van der Waals surface area contributed by atoms with E-state index >= 15 is 0 Å². The van der Waals surface area contributed by atoms with Crippen LogP contribution in [0.25, 0.3) is 0 Å². The van der Waals surface area contributed by atoms with Crippen LogP contribution in [0.2, 0.25) is 0 Å². The van der Waals surface area contributed by atoms with Crippen molar-refractivity contribution in [2.45, 2.75) is 33.4 Å². The van der Waals surface area contributed by atoms with Gasteiger partial charge in [-0.05, 0) is 38.5 Å². The van der Waals surface area contributed by atoms with E-state index in [1.165, 1.54) is 0 Å². The molecule has 2 N–H and O–H groups in total. The summed E-state index contributed by atoms with van der Waals surface area (Å²) in [6.45, 7) is 8.08. The summed E-state index contributed by atoms with van der Waals surface area (Å²) in [5, 5.41) is 12.4. The molecular formula is C14H22BrNO3. The van der Waals surface area contributed by atoms with Crippen LogP contribution in [0.4, 0.5) is 0 Å². The van der Waals surface area contributed by atoms with E-state index in [-0.39, 0.29) is 6.10 Å². The van der Waals surface area contributed by atoms with Gasteiger partial charge in [-0.1, -0.05) is 15.9 Å². The van der Waals surface area contributed by atoms with Crippen LogP contribution in [0, 0.1) is 0 Å². The molecule has 0 saturated carbocycles. The predicted molar refractivity (Wildman–Crippen MR) is 79.9 cm³/mol. The maximum absolute atomic E-state index is 9.23. The van der Waals surface area contributed by atoms with Crippen LogP contribution in [-0.2, 0) is 6.54 Å². The zero-order valence-corrected chi connectivity index (χ0v) is 13.3. The fourth-order valence-electron chi connectivity index (χ4n) is 1.67. The smallest absolute Gasteiger partial charge is 0.162 e. The summed E-state index contributed by atoms with van der Waals surface area (Å²) < 4.78 is 12.1. The molecule has 1 atom stereocenters. The lowest BCUT2D eigenvalue weighted by Crippen LogP contribution is -2.24. The molecule has 0 aliphatic rings.